The number of nitrogens with one attached hydrogen (secondary N) is 1. The first-order valence-corrected chi connectivity index (χ1v) is 16.4. The molecule has 1 amide bonds. The van der Waals surface area contributed by atoms with Crippen molar-refractivity contribution < 1.29 is 14.4 Å². The van der Waals surface area contributed by atoms with Crippen LogP contribution in [0.25, 0.3) is 0 Å². The monoisotopic (exact) mass is 560 g/mol. The number of hydrogen-bond acceptors (Lipinski definition) is 4. The van der Waals surface area contributed by atoms with Gasteiger partial charge in [-0.05, 0) is 105 Å². The van der Waals surface area contributed by atoms with Gasteiger partial charge in [0.1, 0.15) is 6.07 Å². The molecular formula is C36H52N2O3. The number of hydrogen-bond donors (Lipinski definition) is 1. The Labute approximate surface area is 248 Å². The summed E-state index contributed by atoms with van der Waals surface area (Å²) in [4.78, 5) is 40.2. The molecule has 0 unspecified atom stereocenters. The fourth-order valence-corrected chi connectivity index (χ4v) is 9.97. The molecule has 5 nitrogen and oxygen atoms in total. The van der Waals surface area contributed by atoms with E-state index >= 15 is 0 Å². The Balaban J connectivity index is 1.52. The average Bonchev–Trinajstić information content (AvgIpc) is 3.73. The molecule has 0 radical (unpaired) electrons. The van der Waals surface area contributed by atoms with Gasteiger partial charge in [-0.25, -0.2) is 0 Å². The number of carbonyl (C=O) groups excluding carboxylic acids is 3. The van der Waals surface area contributed by atoms with E-state index in [1.807, 2.05) is 19.1 Å². The van der Waals surface area contributed by atoms with Crippen molar-refractivity contribution in [2.75, 3.05) is 6.54 Å². The minimum Gasteiger partial charge on any atom is -0.356 e. The maximum Gasteiger partial charge on any atom is 0.220 e. The molecule has 6 atom stereocenters. The Bertz CT molecular complexity index is 1250. The lowest BCUT2D eigenvalue weighted by atomic mass is 9.37. The standard InChI is InChI=1S/C36H52N2O3/c1-8-31(3,4)14-16-35(13-11-29(40)38-9-2)17-15-33(6)25(22-35)26(39)20-28-32(5)21-24(23-37)30(41)36(18-19-36)27(32)10-12-34(28,33)7/h20-21,25,27H,8-19,22H2,1-7H3,(H,38,40)/t25-,27+,32-,33+,34+,35+/m0/s1. The largest absolute Gasteiger partial charge is 0.356 e. The summed E-state index contributed by atoms with van der Waals surface area (Å²) in [5, 5.41) is 12.9. The van der Waals surface area contributed by atoms with E-state index in [1.54, 1.807) is 0 Å². The normalized spacial score (nSPS) is 39.1. The Hall–Kier alpha value is -2.22. The molecule has 0 aromatic rings. The van der Waals surface area contributed by atoms with Crippen LogP contribution in [0.1, 0.15) is 126 Å². The zero-order valence-electron chi connectivity index (χ0n) is 26.7. The highest BCUT2D eigenvalue weighted by atomic mass is 16.1. The van der Waals surface area contributed by atoms with Crippen LogP contribution in [0.15, 0.2) is 23.3 Å². The number of amides is 1. The Morgan fingerprint density at radius 3 is 2.39 bits per heavy atom. The van der Waals surface area contributed by atoms with Crippen molar-refractivity contribution in [2.45, 2.75) is 126 Å². The van der Waals surface area contributed by atoms with Crippen LogP contribution in [0, 0.1) is 55.7 Å². The highest BCUT2D eigenvalue weighted by Gasteiger charge is 2.70. The minimum atomic E-state index is -0.440. The number of rotatable bonds is 8. The fraction of sp³-hybridized carbons (Fsp3) is 0.778. The van der Waals surface area contributed by atoms with E-state index in [2.05, 4.69) is 52.9 Å². The van der Waals surface area contributed by atoms with E-state index in [1.165, 1.54) is 5.57 Å². The summed E-state index contributed by atoms with van der Waals surface area (Å²) in [6.07, 6.45) is 15.1. The molecule has 3 saturated carbocycles. The molecule has 41 heavy (non-hydrogen) atoms. The molecule has 0 heterocycles. The maximum absolute atomic E-state index is 14.3. The number of ketones is 2. The van der Waals surface area contributed by atoms with Gasteiger partial charge in [-0.1, -0.05) is 59.6 Å². The average molecular weight is 561 g/mol. The van der Waals surface area contributed by atoms with Crippen LogP contribution in [0.3, 0.4) is 0 Å². The molecule has 5 rings (SSSR count). The van der Waals surface area contributed by atoms with Crippen molar-refractivity contribution in [3.05, 3.63) is 23.3 Å². The first kappa shape index (κ1) is 30.2. The molecule has 0 saturated heterocycles. The lowest BCUT2D eigenvalue weighted by molar-refractivity contribution is -0.146. The van der Waals surface area contributed by atoms with Crippen molar-refractivity contribution in [2.24, 2.45) is 44.3 Å². The van der Waals surface area contributed by atoms with Gasteiger partial charge in [0.05, 0.1) is 5.57 Å². The van der Waals surface area contributed by atoms with Crippen LogP contribution >= 0.6 is 0 Å². The van der Waals surface area contributed by atoms with Gasteiger partial charge in [0, 0.05) is 29.7 Å². The van der Waals surface area contributed by atoms with Gasteiger partial charge >= 0.3 is 0 Å². The molecule has 3 fully saturated rings. The number of carbonyl (C=O) groups is 3. The van der Waals surface area contributed by atoms with Crippen molar-refractivity contribution in [3.8, 4) is 6.07 Å². The SMILES string of the molecule is CCNC(=O)CC[C@@]1(CCC(C)(C)CC)CC[C@]2(C)[C@@H](C1)C(=O)C=C1[C@@]3(C)C=C(C#N)C(=O)C4(CC4)[C@@H]3CC[C@]12C. The third-order valence-corrected chi connectivity index (χ3v) is 13.6. The van der Waals surface area contributed by atoms with Crippen LogP contribution in [0.5, 0.6) is 0 Å². The van der Waals surface area contributed by atoms with Crippen LogP contribution in [-0.4, -0.2) is 24.0 Å². The quantitative estimate of drug-likeness (QED) is 0.330. The maximum atomic E-state index is 14.3. The molecule has 1 spiro atoms. The van der Waals surface area contributed by atoms with E-state index in [0.29, 0.717) is 18.5 Å². The summed E-state index contributed by atoms with van der Waals surface area (Å²) in [5.74, 6) is 0.493. The van der Waals surface area contributed by atoms with Crippen molar-refractivity contribution in [3.63, 3.8) is 0 Å². The third kappa shape index (κ3) is 4.49. The minimum absolute atomic E-state index is 0.0105. The van der Waals surface area contributed by atoms with E-state index < -0.39 is 10.8 Å². The molecule has 0 aromatic heterocycles. The van der Waals surface area contributed by atoms with E-state index in [4.69, 9.17) is 0 Å². The number of allylic oxidation sites excluding steroid dienone is 4. The molecular weight excluding hydrogens is 508 g/mol. The lowest BCUT2D eigenvalue weighted by Gasteiger charge is -2.66. The van der Waals surface area contributed by atoms with Crippen LogP contribution in [0.4, 0.5) is 0 Å². The molecule has 0 aromatic carbocycles. The van der Waals surface area contributed by atoms with Gasteiger partial charge in [-0.3, -0.25) is 14.4 Å². The Morgan fingerprint density at radius 1 is 1.07 bits per heavy atom. The van der Waals surface area contributed by atoms with Gasteiger partial charge in [0.25, 0.3) is 0 Å². The molecule has 5 aliphatic rings. The van der Waals surface area contributed by atoms with Crippen LogP contribution in [0.2, 0.25) is 0 Å². The van der Waals surface area contributed by atoms with Crippen molar-refractivity contribution >= 4 is 17.5 Å². The smallest absolute Gasteiger partial charge is 0.220 e. The van der Waals surface area contributed by atoms with Gasteiger partial charge < -0.3 is 5.32 Å². The predicted molar refractivity (Wildman–Crippen MR) is 162 cm³/mol. The highest BCUT2D eigenvalue weighted by Crippen LogP contribution is 2.75. The summed E-state index contributed by atoms with van der Waals surface area (Å²) in [5.41, 5.74) is 0.521. The van der Waals surface area contributed by atoms with Crippen LogP contribution < -0.4 is 5.32 Å². The second-order valence-electron chi connectivity index (χ2n) is 16.0. The second-order valence-corrected chi connectivity index (χ2v) is 16.0. The van der Waals surface area contributed by atoms with Crippen molar-refractivity contribution in [1.82, 2.24) is 5.32 Å². The Kier molecular flexibility index (Phi) is 7.32. The lowest BCUT2D eigenvalue weighted by Crippen LogP contribution is -2.61. The zero-order valence-corrected chi connectivity index (χ0v) is 26.7. The predicted octanol–water partition coefficient (Wildman–Crippen LogP) is 7.66. The molecule has 5 aliphatic carbocycles. The van der Waals surface area contributed by atoms with Gasteiger partial charge in [0.15, 0.2) is 11.6 Å². The third-order valence-electron chi connectivity index (χ3n) is 13.6. The summed E-state index contributed by atoms with van der Waals surface area (Å²) in [7, 11) is 0. The first-order valence-electron chi connectivity index (χ1n) is 16.4. The molecule has 1 N–H and O–H groups in total. The molecule has 5 heteroatoms. The fourth-order valence-electron chi connectivity index (χ4n) is 9.97. The first-order chi connectivity index (χ1) is 19.2. The van der Waals surface area contributed by atoms with Crippen molar-refractivity contribution in [1.29, 1.82) is 5.26 Å². The summed E-state index contributed by atoms with van der Waals surface area (Å²) >= 11 is 0. The summed E-state index contributed by atoms with van der Waals surface area (Å²) in [6.45, 7) is 16.5. The number of nitriles is 1. The summed E-state index contributed by atoms with van der Waals surface area (Å²) < 4.78 is 0. The number of fused-ring (bicyclic) bond motifs is 6. The van der Waals surface area contributed by atoms with Gasteiger partial charge in [-0.2, -0.15) is 5.26 Å². The van der Waals surface area contributed by atoms with E-state index in [0.717, 1.165) is 70.6 Å². The zero-order chi connectivity index (χ0) is 30.1. The molecule has 0 bridgehead atoms. The number of nitrogens with zero attached hydrogens (tertiary/aromatic N) is 1. The highest BCUT2D eigenvalue weighted by molar-refractivity contribution is 6.06. The van der Waals surface area contributed by atoms with E-state index in [9.17, 15) is 19.6 Å². The molecule has 0 aliphatic heterocycles. The summed E-state index contributed by atoms with van der Waals surface area (Å²) in [6, 6.07) is 2.23. The molecule has 224 valence electrons. The Morgan fingerprint density at radius 2 is 1.78 bits per heavy atom. The second kappa shape index (κ2) is 9.92. The van der Waals surface area contributed by atoms with E-state index in [-0.39, 0.29) is 51.0 Å². The topological polar surface area (TPSA) is 87.0 Å². The van der Waals surface area contributed by atoms with Crippen LogP contribution in [-0.2, 0) is 14.4 Å². The van der Waals surface area contributed by atoms with Gasteiger partial charge in [0.2, 0.25) is 5.91 Å². The number of Topliss-reactive ketones (excluding diaryl/α,β-unsaturated/α-hetero) is 1. The van der Waals surface area contributed by atoms with Gasteiger partial charge in [-0.15, -0.1) is 0 Å².